The van der Waals surface area contributed by atoms with E-state index in [2.05, 4.69) is 11.7 Å². The van der Waals surface area contributed by atoms with Crippen LogP contribution in [0.25, 0.3) is 0 Å². The number of alkyl halides is 2. The molecule has 1 saturated carbocycles. The van der Waals surface area contributed by atoms with E-state index >= 15 is 0 Å². The smallest absolute Gasteiger partial charge is 0.400 e. The van der Waals surface area contributed by atoms with Gasteiger partial charge in [0.25, 0.3) is 0 Å². The van der Waals surface area contributed by atoms with Crippen molar-refractivity contribution in [3.05, 3.63) is 41.4 Å². The summed E-state index contributed by atoms with van der Waals surface area (Å²) in [7, 11) is 0. The molecule has 1 aliphatic carbocycles. The lowest BCUT2D eigenvalue weighted by Crippen LogP contribution is -2.37. The third-order valence-electron chi connectivity index (χ3n) is 5.72. The van der Waals surface area contributed by atoms with E-state index in [9.17, 15) is 22.0 Å². The molecule has 1 aromatic carbocycles. The summed E-state index contributed by atoms with van der Waals surface area (Å²) in [5.41, 5.74) is 1.18. The maximum absolute atomic E-state index is 14.5. The molecule has 0 saturated heterocycles. The van der Waals surface area contributed by atoms with E-state index in [4.69, 9.17) is 4.74 Å². The third-order valence-corrected chi connectivity index (χ3v) is 5.72. The van der Waals surface area contributed by atoms with Crippen molar-refractivity contribution in [2.24, 2.45) is 11.8 Å². The molecule has 0 aromatic heterocycles. The summed E-state index contributed by atoms with van der Waals surface area (Å²) in [5, 5.41) is 0. The first-order valence-corrected chi connectivity index (χ1v) is 9.86. The van der Waals surface area contributed by atoms with Crippen LogP contribution in [0.15, 0.2) is 24.0 Å². The lowest BCUT2D eigenvalue weighted by Gasteiger charge is -2.35. The molecule has 156 valence electrons. The molecular formula is C21H25F5O2. The van der Waals surface area contributed by atoms with E-state index < -0.39 is 35.2 Å². The van der Waals surface area contributed by atoms with Crippen LogP contribution in [-0.4, -0.2) is 12.2 Å². The van der Waals surface area contributed by atoms with E-state index in [1.54, 1.807) is 0 Å². The molecule has 28 heavy (non-hydrogen) atoms. The Kier molecular flexibility index (Phi) is 6.50. The zero-order chi connectivity index (χ0) is 20.3. The summed E-state index contributed by atoms with van der Waals surface area (Å²) in [6.45, 7) is 2.11. The van der Waals surface area contributed by atoms with Crippen molar-refractivity contribution in [3.63, 3.8) is 0 Å². The van der Waals surface area contributed by atoms with Gasteiger partial charge in [-0.15, -0.1) is 0 Å². The Morgan fingerprint density at radius 3 is 2.21 bits per heavy atom. The average molecular weight is 404 g/mol. The molecule has 0 N–H and O–H groups in total. The highest BCUT2D eigenvalue weighted by Crippen LogP contribution is 2.43. The number of hydrogen-bond donors (Lipinski definition) is 0. The van der Waals surface area contributed by atoms with E-state index in [0.29, 0.717) is 25.0 Å². The van der Waals surface area contributed by atoms with Crippen LogP contribution >= 0.6 is 0 Å². The van der Waals surface area contributed by atoms with Gasteiger partial charge in [0.15, 0.2) is 17.5 Å². The lowest BCUT2D eigenvalue weighted by molar-refractivity contribution is -0.223. The third kappa shape index (κ3) is 4.78. The van der Waals surface area contributed by atoms with Crippen LogP contribution in [0.2, 0.25) is 0 Å². The topological polar surface area (TPSA) is 18.5 Å². The number of ether oxygens (including phenoxy) is 2. The predicted octanol–water partition coefficient (Wildman–Crippen LogP) is 6.74. The van der Waals surface area contributed by atoms with Crippen molar-refractivity contribution in [1.29, 1.82) is 0 Å². The summed E-state index contributed by atoms with van der Waals surface area (Å²) in [6.07, 6.45) is 4.10. The highest BCUT2D eigenvalue weighted by Gasteiger charge is 2.44. The van der Waals surface area contributed by atoms with Crippen molar-refractivity contribution < 1.29 is 31.4 Å². The van der Waals surface area contributed by atoms with Gasteiger partial charge in [0.1, 0.15) is 5.75 Å². The molecule has 3 rings (SSSR count). The molecule has 2 aliphatic rings. The molecule has 1 unspecified atom stereocenters. The summed E-state index contributed by atoms with van der Waals surface area (Å²) in [6, 6.07) is 0.879. The second-order valence-electron chi connectivity index (χ2n) is 7.69. The number of halogens is 5. The minimum Gasteiger partial charge on any atom is -0.498 e. The molecule has 1 fully saturated rings. The Morgan fingerprint density at radius 2 is 1.68 bits per heavy atom. The Labute approximate surface area is 161 Å². The first-order chi connectivity index (χ1) is 13.3. The standard InChI is InChI=1S/C21H25F5O2/c1-2-3-16-9-6-14(12-27-16)13-4-7-15(8-5-13)21(25,26)28-17-10-18(22)20(24)19(23)11-17/h10-13,15-16H,2-9H2,1H3. The maximum Gasteiger partial charge on any atom is 0.400 e. The van der Waals surface area contributed by atoms with Gasteiger partial charge in [-0.2, -0.15) is 8.78 Å². The summed E-state index contributed by atoms with van der Waals surface area (Å²) in [4.78, 5) is 0. The van der Waals surface area contributed by atoms with E-state index in [-0.39, 0.29) is 24.9 Å². The molecular weight excluding hydrogens is 379 g/mol. The normalized spacial score (nSPS) is 25.8. The first kappa shape index (κ1) is 20.9. The molecule has 0 bridgehead atoms. The highest BCUT2D eigenvalue weighted by molar-refractivity contribution is 5.25. The first-order valence-electron chi connectivity index (χ1n) is 9.86. The monoisotopic (exact) mass is 404 g/mol. The molecule has 1 aromatic rings. The molecule has 1 atom stereocenters. The van der Waals surface area contributed by atoms with E-state index in [1.807, 2.05) is 6.26 Å². The molecule has 2 nitrogen and oxygen atoms in total. The average Bonchev–Trinajstić information content (AvgIpc) is 2.67. The second kappa shape index (κ2) is 8.70. The van der Waals surface area contributed by atoms with Crippen molar-refractivity contribution in [1.82, 2.24) is 0 Å². The van der Waals surface area contributed by atoms with Gasteiger partial charge in [0, 0.05) is 12.1 Å². The number of benzene rings is 1. The molecule has 1 heterocycles. The van der Waals surface area contributed by atoms with Gasteiger partial charge in [-0.05, 0) is 56.4 Å². The summed E-state index contributed by atoms with van der Waals surface area (Å²) in [5.74, 6) is -6.37. The van der Waals surface area contributed by atoms with Crippen molar-refractivity contribution in [2.75, 3.05) is 0 Å². The number of hydrogen-bond acceptors (Lipinski definition) is 2. The fourth-order valence-corrected chi connectivity index (χ4v) is 4.10. The number of rotatable bonds is 6. The van der Waals surface area contributed by atoms with Gasteiger partial charge in [-0.1, -0.05) is 13.3 Å². The quantitative estimate of drug-likeness (QED) is 0.386. The van der Waals surface area contributed by atoms with Crippen LogP contribution in [0, 0.1) is 29.3 Å². The minimum absolute atomic E-state index is 0.218. The van der Waals surface area contributed by atoms with Crippen LogP contribution in [0.3, 0.4) is 0 Å². The van der Waals surface area contributed by atoms with Crippen molar-refractivity contribution >= 4 is 0 Å². The zero-order valence-corrected chi connectivity index (χ0v) is 15.8. The lowest BCUT2D eigenvalue weighted by atomic mass is 9.76. The summed E-state index contributed by atoms with van der Waals surface area (Å²) >= 11 is 0. The van der Waals surface area contributed by atoms with Crippen LogP contribution in [0.4, 0.5) is 22.0 Å². The molecule has 0 amide bonds. The fraction of sp³-hybridized carbons (Fsp3) is 0.619. The zero-order valence-electron chi connectivity index (χ0n) is 15.8. The minimum atomic E-state index is -3.58. The summed E-state index contributed by atoms with van der Waals surface area (Å²) < 4.78 is 78.7. The fourth-order valence-electron chi connectivity index (χ4n) is 4.10. The van der Waals surface area contributed by atoms with Crippen LogP contribution in [0.5, 0.6) is 5.75 Å². The highest BCUT2D eigenvalue weighted by atomic mass is 19.3. The van der Waals surface area contributed by atoms with E-state index in [0.717, 1.165) is 25.7 Å². The Balaban J connectivity index is 1.56. The SMILES string of the molecule is CCCC1CCC(C2CCC(C(F)(F)Oc3cc(F)c(F)c(F)c3)CC2)=CO1. The van der Waals surface area contributed by atoms with Crippen molar-refractivity contribution in [3.8, 4) is 5.75 Å². The molecule has 7 heteroatoms. The molecule has 0 radical (unpaired) electrons. The van der Waals surface area contributed by atoms with Crippen LogP contribution in [-0.2, 0) is 4.74 Å². The van der Waals surface area contributed by atoms with Gasteiger partial charge in [-0.25, -0.2) is 13.2 Å². The van der Waals surface area contributed by atoms with E-state index in [1.165, 1.54) is 5.57 Å². The second-order valence-corrected chi connectivity index (χ2v) is 7.69. The predicted molar refractivity (Wildman–Crippen MR) is 94.4 cm³/mol. The van der Waals surface area contributed by atoms with Gasteiger partial charge < -0.3 is 9.47 Å². The Morgan fingerprint density at radius 1 is 1.04 bits per heavy atom. The van der Waals surface area contributed by atoms with Gasteiger partial charge in [0.2, 0.25) is 0 Å². The Hall–Kier alpha value is -1.79. The van der Waals surface area contributed by atoms with Gasteiger partial charge in [-0.3, -0.25) is 0 Å². The van der Waals surface area contributed by atoms with Gasteiger partial charge >= 0.3 is 6.11 Å². The maximum atomic E-state index is 14.5. The van der Waals surface area contributed by atoms with Crippen LogP contribution < -0.4 is 4.74 Å². The molecule has 0 spiro atoms. The largest absolute Gasteiger partial charge is 0.498 e. The van der Waals surface area contributed by atoms with Crippen LogP contribution in [0.1, 0.15) is 58.3 Å². The Bertz CT molecular complexity index is 688. The van der Waals surface area contributed by atoms with Crippen molar-refractivity contribution in [2.45, 2.75) is 70.5 Å². The molecule has 1 aliphatic heterocycles. The van der Waals surface area contributed by atoms with Gasteiger partial charge in [0.05, 0.1) is 18.3 Å². The number of allylic oxidation sites excluding steroid dienone is 1.